The van der Waals surface area contributed by atoms with Crippen molar-refractivity contribution >= 4 is 33.0 Å². The molecule has 1 saturated carbocycles. The predicted octanol–water partition coefficient (Wildman–Crippen LogP) is 1.79. The minimum Gasteiger partial charge on any atom is -0.396 e. The van der Waals surface area contributed by atoms with Gasteiger partial charge in [0.1, 0.15) is 4.21 Å². The van der Waals surface area contributed by atoms with Crippen molar-refractivity contribution < 1.29 is 13.5 Å². The average Bonchev–Trinajstić information content (AvgIpc) is 2.91. The van der Waals surface area contributed by atoms with Gasteiger partial charge in [0.05, 0.1) is 4.34 Å². The molecule has 1 aromatic heterocycles. The van der Waals surface area contributed by atoms with Gasteiger partial charge in [-0.25, -0.2) is 8.42 Å². The first kappa shape index (κ1) is 13.3. The van der Waals surface area contributed by atoms with Crippen molar-refractivity contribution in [1.29, 1.82) is 0 Å². The number of aliphatic hydroxyl groups is 1. The molecule has 4 nitrogen and oxygen atoms in total. The lowest BCUT2D eigenvalue weighted by Gasteiger charge is -2.21. The van der Waals surface area contributed by atoms with Gasteiger partial charge in [-0.2, -0.15) is 4.31 Å². The standard InChI is InChI=1S/C10H14ClNO3S2/c1-12(6-10(7-13)4-5-10)17(14,15)9-3-2-8(11)16-9/h2-3,13H,4-7H2,1H3. The van der Waals surface area contributed by atoms with Gasteiger partial charge in [0, 0.05) is 25.6 Å². The summed E-state index contributed by atoms with van der Waals surface area (Å²) in [6, 6.07) is 3.09. The van der Waals surface area contributed by atoms with Gasteiger partial charge < -0.3 is 5.11 Å². The monoisotopic (exact) mass is 295 g/mol. The van der Waals surface area contributed by atoms with Crippen LogP contribution >= 0.6 is 22.9 Å². The third-order valence-electron chi connectivity index (χ3n) is 3.06. The Hall–Kier alpha value is -0.140. The molecule has 1 heterocycles. The number of hydrogen-bond donors (Lipinski definition) is 1. The molecule has 0 unspecified atom stereocenters. The second kappa shape index (κ2) is 4.51. The highest BCUT2D eigenvalue weighted by atomic mass is 35.5. The minimum atomic E-state index is -3.47. The fourth-order valence-electron chi connectivity index (χ4n) is 1.69. The number of halogens is 1. The quantitative estimate of drug-likeness (QED) is 0.901. The van der Waals surface area contributed by atoms with Gasteiger partial charge in [-0.3, -0.25) is 0 Å². The van der Waals surface area contributed by atoms with Crippen molar-refractivity contribution in [2.45, 2.75) is 17.1 Å². The number of nitrogens with zero attached hydrogens (tertiary/aromatic N) is 1. The zero-order valence-corrected chi connectivity index (χ0v) is 11.8. The number of thiophene rings is 1. The van der Waals surface area contributed by atoms with E-state index in [-0.39, 0.29) is 16.2 Å². The third-order valence-corrected chi connectivity index (χ3v) is 6.57. The van der Waals surface area contributed by atoms with E-state index >= 15 is 0 Å². The summed E-state index contributed by atoms with van der Waals surface area (Å²) in [7, 11) is -1.92. The van der Waals surface area contributed by atoms with Crippen LogP contribution in [0.1, 0.15) is 12.8 Å². The van der Waals surface area contributed by atoms with E-state index < -0.39 is 10.0 Å². The molecule has 0 radical (unpaired) electrons. The highest BCUT2D eigenvalue weighted by molar-refractivity contribution is 7.91. The van der Waals surface area contributed by atoms with Crippen LogP contribution in [0.15, 0.2) is 16.3 Å². The fourth-order valence-corrected chi connectivity index (χ4v) is 4.67. The summed E-state index contributed by atoms with van der Waals surface area (Å²) in [6.07, 6.45) is 1.77. The van der Waals surface area contributed by atoms with E-state index in [1.165, 1.54) is 10.4 Å². The lowest BCUT2D eigenvalue weighted by atomic mass is 10.1. The van der Waals surface area contributed by atoms with Crippen LogP contribution in [0.25, 0.3) is 0 Å². The number of aliphatic hydroxyl groups excluding tert-OH is 1. The molecule has 2 rings (SSSR count). The van der Waals surface area contributed by atoms with E-state index in [0.717, 1.165) is 24.2 Å². The second-order valence-electron chi connectivity index (χ2n) is 4.48. The van der Waals surface area contributed by atoms with Crippen molar-refractivity contribution in [3.63, 3.8) is 0 Å². The van der Waals surface area contributed by atoms with Gasteiger partial charge in [-0.15, -0.1) is 11.3 Å². The van der Waals surface area contributed by atoms with Gasteiger partial charge in [0.15, 0.2) is 0 Å². The second-order valence-corrected chi connectivity index (χ2v) is 8.46. The van der Waals surface area contributed by atoms with Gasteiger partial charge in [0.25, 0.3) is 10.0 Å². The van der Waals surface area contributed by atoms with Crippen molar-refractivity contribution in [1.82, 2.24) is 4.31 Å². The first-order chi connectivity index (χ1) is 7.89. The molecule has 96 valence electrons. The van der Waals surface area contributed by atoms with Crippen LogP contribution in [-0.2, 0) is 10.0 Å². The van der Waals surface area contributed by atoms with Crippen LogP contribution in [0, 0.1) is 5.41 Å². The molecule has 1 aromatic rings. The van der Waals surface area contributed by atoms with Crippen LogP contribution in [-0.4, -0.2) is 38.0 Å². The lowest BCUT2D eigenvalue weighted by Crippen LogP contribution is -2.33. The first-order valence-electron chi connectivity index (χ1n) is 5.22. The van der Waals surface area contributed by atoms with E-state index in [4.69, 9.17) is 11.6 Å². The molecule has 0 spiro atoms. The molecule has 1 aliphatic rings. The molecule has 0 aromatic carbocycles. The fraction of sp³-hybridized carbons (Fsp3) is 0.600. The largest absolute Gasteiger partial charge is 0.396 e. The summed E-state index contributed by atoms with van der Waals surface area (Å²) < 4.78 is 26.3. The summed E-state index contributed by atoms with van der Waals surface area (Å²) in [6.45, 7) is 0.402. The Morgan fingerprint density at radius 1 is 1.53 bits per heavy atom. The van der Waals surface area contributed by atoms with Gasteiger partial charge in [0.2, 0.25) is 0 Å². The Labute approximate surface area is 110 Å². The van der Waals surface area contributed by atoms with E-state index in [1.54, 1.807) is 13.1 Å². The van der Waals surface area contributed by atoms with E-state index in [2.05, 4.69) is 0 Å². The summed E-state index contributed by atoms with van der Waals surface area (Å²) in [5, 5.41) is 9.21. The average molecular weight is 296 g/mol. The van der Waals surface area contributed by atoms with Crippen molar-refractivity contribution in [2.75, 3.05) is 20.2 Å². The maximum absolute atomic E-state index is 12.2. The van der Waals surface area contributed by atoms with E-state index in [1.807, 2.05) is 0 Å². The Kier molecular flexibility index (Phi) is 3.53. The smallest absolute Gasteiger partial charge is 0.252 e. The minimum absolute atomic E-state index is 0.0397. The van der Waals surface area contributed by atoms with Crippen LogP contribution in [0.2, 0.25) is 4.34 Å². The Morgan fingerprint density at radius 3 is 2.59 bits per heavy atom. The predicted molar refractivity (Wildman–Crippen MR) is 67.9 cm³/mol. The lowest BCUT2D eigenvalue weighted by molar-refractivity contribution is 0.192. The highest BCUT2D eigenvalue weighted by Gasteiger charge is 2.44. The SMILES string of the molecule is CN(CC1(CO)CC1)S(=O)(=O)c1ccc(Cl)s1. The zero-order valence-electron chi connectivity index (χ0n) is 9.39. The van der Waals surface area contributed by atoms with Crippen LogP contribution in [0.4, 0.5) is 0 Å². The number of hydrogen-bond acceptors (Lipinski definition) is 4. The first-order valence-corrected chi connectivity index (χ1v) is 7.86. The van der Waals surface area contributed by atoms with Crippen molar-refractivity contribution in [3.8, 4) is 0 Å². The Morgan fingerprint density at radius 2 is 2.18 bits per heavy atom. The molecule has 7 heteroatoms. The molecule has 1 aliphatic carbocycles. The van der Waals surface area contributed by atoms with Crippen molar-refractivity contribution in [2.24, 2.45) is 5.41 Å². The maximum atomic E-state index is 12.2. The van der Waals surface area contributed by atoms with E-state index in [9.17, 15) is 13.5 Å². The molecule has 1 N–H and O–H groups in total. The van der Waals surface area contributed by atoms with Crippen LogP contribution in [0.3, 0.4) is 0 Å². The maximum Gasteiger partial charge on any atom is 0.252 e. The summed E-state index contributed by atoms with van der Waals surface area (Å²) in [5.74, 6) is 0. The van der Waals surface area contributed by atoms with Gasteiger partial charge in [-0.05, 0) is 25.0 Å². The molecule has 0 atom stereocenters. The third kappa shape index (κ3) is 2.66. The molecule has 0 aliphatic heterocycles. The highest BCUT2D eigenvalue weighted by Crippen LogP contribution is 2.46. The summed E-state index contributed by atoms with van der Waals surface area (Å²) in [5.41, 5.74) is -0.219. The van der Waals surface area contributed by atoms with Crippen LogP contribution < -0.4 is 0 Å². The van der Waals surface area contributed by atoms with E-state index in [0.29, 0.717) is 10.9 Å². The molecule has 0 bridgehead atoms. The van der Waals surface area contributed by atoms with Gasteiger partial charge >= 0.3 is 0 Å². The topological polar surface area (TPSA) is 57.6 Å². The molecular formula is C10H14ClNO3S2. The molecule has 0 saturated heterocycles. The Balaban J connectivity index is 2.16. The zero-order chi connectivity index (χ0) is 12.7. The van der Waals surface area contributed by atoms with Crippen molar-refractivity contribution in [3.05, 3.63) is 16.5 Å². The number of rotatable bonds is 5. The normalized spacial score (nSPS) is 18.6. The van der Waals surface area contributed by atoms with Crippen LogP contribution in [0.5, 0.6) is 0 Å². The molecular weight excluding hydrogens is 282 g/mol. The summed E-state index contributed by atoms with van der Waals surface area (Å²) >= 11 is 6.79. The Bertz CT molecular complexity index is 507. The summed E-state index contributed by atoms with van der Waals surface area (Å²) in [4.78, 5) is 0. The van der Waals surface area contributed by atoms with Gasteiger partial charge in [-0.1, -0.05) is 11.6 Å². The molecule has 17 heavy (non-hydrogen) atoms. The molecule has 1 fully saturated rings. The number of sulfonamides is 1. The molecule has 0 amide bonds.